The number of benzene rings is 2. The summed E-state index contributed by atoms with van der Waals surface area (Å²) in [6.07, 6.45) is 0. The highest BCUT2D eigenvalue weighted by Gasteiger charge is 2.15. The molecular weight excluding hydrogens is 296 g/mol. The van der Waals surface area contributed by atoms with Crippen LogP contribution in [0.5, 0.6) is 5.88 Å². The lowest BCUT2D eigenvalue weighted by molar-refractivity contribution is -0.384. The molecule has 3 rings (SSSR count). The minimum atomic E-state index is -0.491. The molecule has 0 atom stereocenters. The van der Waals surface area contributed by atoms with Gasteiger partial charge in [-0.25, -0.2) is 0 Å². The van der Waals surface area contributed by atoms with Crippen molar-refractivity contribution in [3.63, 3.8) is 0 Å². The summed E-state index contributed by atoms with van der Waals surface area (Å²) in [4.78, 5) is 13.1. The molecule has 1 heterocycles. The summed E-state index contributed by atoms with van der Waals surface area (Å²) in [6.45, 7) is 3.91. The number of azo groups is 1. The van der Waals surface area contributed by atoms with Crippen molar-refractivity contribution in [2.75, 3.05) is 0 Å². The molecule has 0 fully saturated rings. The maximum atomic E-state index is 10.9. The minimum absolute atomic E-state index is 0.0697. The van der Waals surface area contributed by atoms with E-state index in [4.69, 9.17) is 0 Å². The lowest BCUT2D eigenvalue weighted by Crippen LogP contribution is -1.86. The van der Waals surface area contributed by atoms with Crippen LogP contribution in [0.3, 0.4) is 0 Å². The van der Waals surface area contributed by atoms with Crippen molar-refractivity contribution in [2.24, 2.45) is 10.2 Å². The van der Waals surface area contributed by atoms with Gasteiger partial charge in [-0.3, -0.25) is 10.1 Å². The average molecular weight is 310 g/mol. The molecule has 23 heavy (non-hydrogen) atoms. The summed E-state index contributed by atoms with van der Waals surface area (Å²) < 4.78 is 0. The maximum absolute atomic E-state index is 10.9. The second-order valence-corrected chi connectivity index (χ2v) is 5.23. The number of hydrogen-bond donors (Lipinski definition) is 2. The van der Waals surface area contributed by atoms with Gasteiger partial charge >= 0.3 is 0 Å². The number of aryl methyl sites for hydroxylation is 1. The lowest BCUT2D eigenvalue weighted by atomic mass is 10.1. The van der Waals surface area contributed by atoms with Crippen LogP contribution in [-0.2, 0) is 0 Å². The number of hydrogen-bond acceptors (Lipinski definition) is 5. The molecule has 0 saturated heterocycles. The fourth-order valence-electron chi connectivity index (χ4n) is 2.31. The highest BCUT2D eigenvalue weighted by Crippen LogP contribution is 2.38. The molecule has 2 aromatic carbocycles. The van der Waals surface area contributed by atoms with Crippen LogP contribution in [0.2, 0.25) is 0 Å². The van der Waals surface area contributed by atoms with Crippen molar-refractivity contribution in [3.8, 4) is 5.88 Å². The highest BCUT2D eigenvalue weighted by molar-refractivity contribution is 5.95. The number of nitrogens with zero attached hydrogens (tertiary/aromatic N) is 3. The van der Waals surface area contributed by atoms with Gasteiger partial charge in [-0.1, -0.05) is 12.1 Å². The van der Waals surface area contributed by atoms with E-state index in [0.29, 0.717) is 16.6 Å². The zero-order valence-electron chi connectivity index (χ0n) is 12.6. The van der Waals surface area contributed by atoms with Crippen molar-refractivity contribution in [1.29, 1.82) is 0 Å². The van der Waals surface area contributed by atoms with Crippen LogP contribution in [-0.4, -0.2) is 15.0 Å². The van der Waals surface area contributed by atoms with Gasteiger partial charge in [0.2, 0.25) is 5.88 Å². The van der Waals surface area contributed by atoms with E-state index in [2.05, 4.69) is 15.2 Å². The largest absolute Gasteiger partial charge is 0.493 e. The van der Waals surface area contributed by atoms with Crippen molar-refractivity contribution in [1.82, 2.24) is 4.98 Å². The van der Waals surface area contributed by atoms with Crippen molar-refractivity contribution < 1.29 is 10.0 Å². The fourth-order valence-corrected chi connectivity index (χ4v) is 2.31. The Hall–Kier alpha value is -3.22. The summed E-state index contributed by atoms with van der Waals surface area (Å²) in [6, 6.07) is 9.93. The van der Waals surface area contributed by atoms with Crippen LogP contribution < -0.4 is 0 Å². The van der Waals surface area contributed by atoms with E-state index < -0.39 is 4.92 Å². The molecule has 116 valence electrons. The highest BCUT2D eigenvalue weighted by atomic mass is 16.6. The molecule has 0 amide bonds. The number of rotatable bonds is 3. The summed E-state index contributed by atoms with van der Waals surface area (Å²) >= 11 is 0. The predicted octanol–water partition coefficient (Wildman–Crippen LogP) is 4.81. The Kier molecular flexibility index (Phi) is 3.53. The molecule has 0 bridgehead atoms. The molecule has 0 spiro atoms. The molecule has 0 aliphatic carbocycles. The molecule has 7 nitrogen and oxygen atoms in total. The minimum Gasteiger partial charge on any atom is -0.493 e. The second-order valence-electron chi connectivity index (χ2n) is 5.23. The number of nitro benzene ring substituents is 1. The SMILES string of the molecule is Cc1cccc(N=Nc2c(O)[nH]c3ccc([N+](=O)[O-])cc23)c1C. The van der Waals surface area contributed by atoms with E-state index >= 15 is 0 Å². The van der Waals surface area contributed by atoms with Gasteiger partial charge in [0.1, 0.15) is 0 Å². The first-order chi connectivity index (χ1) is 11.0. The van der Waals surface area contributed by atoms with E-state index in [0.717, 1.165) is 11.1 Å². The Morgan fingerprint density at radius 2 is 1.96 bits per heavy atom. The van der Waals surface area contributed by atoms with Crippen molar-refractivity contribution in [3.05, 3.63) is 57.6 Å². The van der Waals surface area contributed by atoms with Crippen molar-refractivity contribution >= 4 is 28.0 Å². The quantitative estimate of drug-likeness (QED) is 0.412. The number of fused-ring (bicyclic) bond motifs is 1. The van der Waals surface area contributed by atoms with Gasteiger partial charge < -0.3 is 10.1 Å². The third kappa shape index (κ3) is 2.64. The Balaban J connectivity index is 2.10. The number of aromatic amines is 1. The summed E-state index contributed by atoms with van der Waals surface area (Å²) in [5.74, 6) is -0.172. The number of H-pyrrole nitrogens is 1. The molecule has 0 aliphatic heterocycles. The normalized spacial score (nSPS) is 11.4. The third-order valence-electron chi connectivity index (χ3n) is 3.78. The molecule has 3 aromatic rings. The molecule has 0 unspecified atom stereocenters. The van der Waals surface area contributed by atoms with E-state index in [-0.39, 0.29) is 17.3 Å². The summed E-state index contributed by atoms with van der Waals surface area (Å²) in [5, 5.41) is 29.6. The molecule has 0 aliphatic rings. The zero-order valence-corrected chi connectivity index (χ0v) is 12.6. The first-order valence-electron chi connectivity index (χ1n) is 6.94. The summed E-state index contributed by atoms with van der Waals surface area (Å²) in [7, 11) is 0. The van der Waals surface area contributed by atoms with E-state index in [1.165, 1.54) is 18.2 Å². The number of aromatic hydroxyl groups is 1. The number of aromatic nitrogens is 1. The third-order valence-corrected chi connectivity index (χ3v) is 3.78. The molecule has 2 N–H and O–H groups in total. The van der Waals surface area contributed by atoms with E-state index in [9.17, 15) is 15.2 Å². The lowest BCUT2D eigenvalue weighted by Gasteiger charge is -2.01. The number of nitro groups is 1. The Morgan fingerprint density at radius 3 is 2.70 bits per heavy atom. The average Bonchev–Trinajstić information content (AvgIpc) is 2.83. The van der Waals surface area contributed by atoms with Crippen LogP contribution >= 0.6 is 0 Å². The van der Waals surface area contributed by atoms with Gasteiger partial charge in [0.15, 0.2) is 5.69 Å². The van der Waals surface area contributed by atoms with Crippen molar-refractivity contribution in [2.45, 2.75) is 13.8 Å². The first kappa shape index (κ1) is 14.7. The van der Waals surface area contributed by atoms with Crippen LogP contribution in [0.4, 0.5) is 17.1 Å². The monoisotopic (exact) mass is 310 g/mol. The van der Waals surface area contributed by atoms with Gasteiger partial charge in [-0.2, -0.15) is 5.11 Å². The molecule has 0 saturated carbocycles. The van der Waals surface area contributed by atoms with Gasteiger partial charge in [0.05, 0.1) is 16.1 Å². The predicted molar refractivity (Wildman–Crippen MR) is 86.7 cm³/mol. The summed E-state index contributed by atoms with van der Waals surface area (Å²) in [5.41, 5.74) is 3.43. The van der Waals surface area contributed by atoms with Gasteiger partial charge in [0.25, 0.3) is 5.69 Å². The van der Waals surface area contributed by atoms with E-state index in [1.54, 1.807) is 0 Å². The zero-order chi connectivity index (χ0) is 16.6. The topological polar surface area (TPSA) is 104 Å². The van der Waals surface area contributed by atoms with Gasteiger partial charge in [-0.05, 0) is 37.1 Å². The van der Waals surface area contributed by atoms with Crippen LogP contribution in [0, 0.1) is 24.0 Å². The Morgan fingerprint density at radius 1 is 1.17 bits per heavy atom. The van der Waals surface area contributed by atoms with Crippen LogP contribution in [0.15, 0.2) is 46.6 Å². The second kappa shape index (κ2) is 5.53. The molecule has 1 aromatic heterocycles. The standard InChI is InChI=1S/C16H14N4O3/c1-9-4-3-5-13(10(9)2)18-19-15-12-8-11(20(22)23)6-7-14(12)17-16(15)21/h3-8,17,21H,1-2H3. The Labute approximate surface area is 131 Å². The molecule has 0 radical (unpaired) electrons. The first-order valence-corrected chi connectivity index (χ1v) is 6.94. The number of non-ortho nitro benzene ring substituents is 1. The van der Waals surface area contributed by atoms with E-state index in [1.807, 2.05) is 32.0 Å². The Bertz CT molecular complexity index is 944. The fraction of sp³-hybridized carbons (Fsp3) is 0.125. The smallest absolute Gasteiger partial charge is 0.270 e. The maximum Gasteiger partial charge on any atom is 0.270 e. The molecular formula is C16H14N4O3. The van der Waals surface area contributed by atoms with Crippen LogP contribution in [0.25, 0.3) is 10.9 Å². The van der Waals surface area contributed by atoms with Crippen LogP contribution in [0.1, 0.15) is 11.1 Å². The number of nitrogens with one attached hydrogen (secondary N) is 1. The molecule has 7 heteroatoms. The van der Waals surface area contributed by atoms with Gasteiger partial charge in [-0.15, -0.1) is 5.11 Å². The van der Waals surface area contributed by atoms with Gasteiger partial charge in [0, 0.05) is 17.5 Å².